The van der Waals surface area contributed by atoms with Gasteiger partial charge in [-0.3, -0.25) is 4.79 Å². The van der Waals surface area contributed by atoms with Crippen molar-refractivity contribution < 1.29 is 9.18 Å². The fourth-order valence-corrected chi connectivity index (χ4v) is 2.46. The molecule has 7 heteroatoms. The molecule has 0 atom stereocenters. The first kappa shape index (κ1) is 16.8. The Hall–Kier alpha value is -2.25. The number of nitriles is 2. The number of hydrogen-bond donors (Lipinski definition) is 1. The monoisotopic (exact) mass is 306 g/mol. The third kappa shape index (κ3) is 5.72. The van der Waals surface area contributed by atoms with Crippen LogP contribution in [0.5, 0.6) is 0 Å². The Balaban J connectivity index is 2.60. The molecule has 0 unspecified atom stereocenters. The Morgan fingerprint density at radius 1 is 1.29 bits per heavy atom. The summed E-state index contributed by atoms with van der Waals surface area (Å²) in [5, 5.41) is 17.2. The highest BCUT2D eigenvalue weighted by Gasteiger charge is 2.14. The standard InChI is InChI=1S/C14H15FN4OS/c15-11-3-4-13(12(18)9-11)21-10-14(20)19(7-1-5-16)8-2-6-17/h3-4,9H,1-2,7-8,10,18H2. The van der Waals surface area contributed by atoms with Gasteiger partial charge in [0.15, 0.2) is 0 Å². The van der Waals surface area contributed by atoms with Crippen LogP contribution in [-0.2, 0) is 4.79 Å². The summed E-state index contributed by atoms with van der Waals surface area (Å²) in [6.45, 7) is 0.604. The molecule has 1 rings (SSSR count). The van der Waals surface area contributed by atoms with Gasteiger partial charge in [-0.05, 0) is 18.2 Å². The predicted octanol–water partition coefficient (Wildman–Crippen LogP) is 2.16. The number of thioether (sulfide) groups is 1. The SMILES string of the molecule is N#CCCN(CCC#N)C(=O)CSc1ccc(F)cc1N. The van der Waals surface area contributed by atoms with Crippen molar-refractivity contribution in [1.29, 1.82) is 10.5 Å². The van der Waals surface area contributed by atoms with Gasteiger partial charge in [0.25, 0.3) is 0 Å². The highest BCUT2D eigenvalue weighted by molar-refractivity contribution is 8.00. The molecule has 0 bridgehead atoms. The van der Waals surface area contributed by atoms with Gasteiger partial charge in [-0.25, -0.2) is 4.39 Å². The fraction of sp³-hybridized carbons (Fsp3) is 0.357. The lowest BCUT2D eigenvalue weighted by Gasteiger charge is -2.20. The van der Waals surface area contributed by atoms with Gasteiger partial charge in [-0.2, -0.15) is 10.5 Å². The van der Waals surface area contributed by atoms with Crippen LogP contribution in [0.15, 0.2) is 23.1 Å². The summed E-state index contributed by atoms with van der Waals surface area (Å²) in [4.78, 5) is 14.2. The van der Waals surface area contributed by atoms with Crippen LogP contribution in [0.1, 0.15) is 12.8 Å². The lowest BCUT2D eigenvalue weighted by Crippen LogP contribution is -2.34. The fourth-order valence-electron chi connectivity index (χ4n) is 1.61. The maximum Gasteiger partial charge on any atom is 0.232 e. The maximum atomic E-state index is 12.9. The molecule has 2 N–H and O–H groups in total. The molecule has 0 aromatic heterocycles. The number of benzene rings is 1. The number of nitrogens with two attached hydrogens (primary N) is 1. The number of anilines is 1. The van der Waals surface area contributed by atoms with E-state index in [0.29, 0.717) is 18.0 Å². The lowest BCUT2D eigenvalue weighted by molar-refractivity contribution is -0.128. The molecule has 0 aliphatic heterocycles. The van der Waals surface area contributed by atoms with Crippen LogP contribution < -0.4 is 5.73 Å². The first-order valence-corrected chi connectivity index (χ1v) is 7.26. The molecule has 1 aromatic rings. The number of nitrogens with zero attached hydrogens (tertiary/aromatic N) is 3. The van der Waals surface area contributed by atoms with E-state index in [2.05, 4.69) is 0 Å². The molecule has 0 fully saturated rings. The van der Waals surface area contributed by atoms with Gasteiger partial charge >= 0.3 is 0 Å². The van der Waals surface area contributed by atoms with E-state index in [4.69, 9.17) is 16.3 Å². The number of rotatable bonds is 7. The molecular formula is C14H15FN4OS. The van der Waals surface area contributed by atoms with E-state index in [9.17, 15) is 9.18 Å². The van der Waals surface area contributed by atoms with Crippen molar-refractivity contribution in [3.8, 4) is 12.1 Å². The average Bonchev–Trinajstić information content (AvgIpc) is 2.46. The second-order valence-electron chi connectivity index (χ2n) is 4.17. The average molecular weight is 306 g/mol. The number of nitrogen functional groups attached to an aromatic ring is 1. The van der Waals surface area contributed by atoms with E-state index >= 15 is 0 Å². The quantitative estimate of drug-likeness (QED) is 0.615. The summed E-state index contributed by atoms with van der Waals surface area (Å²) in [6.07, 6.45) is 0.445. The molecule has 1 aromatic carbocycles. The Morgan fingerprint density at radius 3 is 2.43 bits per heavy atom. The molecule has 1 amide bonds. The zero-order chi connectivity index (χ0) is 15.7. The minimum absolute atomic E-state index is 0.132. The van der Waals surface area contributed by atoms with Crippen molar-refractivity contribution in [2.24, 2.45) is 0 Å². The predicted molar refractivity (Wildman–Crippen MR) is 78.6 cm³/mol. The van der Waals surface area contributed by atoms with Crippen molar-refractivity contribution in [3.63, 3.8) is 0 Å². The van der Waals surface area contributed by atoms with Crippen LogP contribution in [0.3, 0.4) is 0 Å². The second-order valence-corrected chi connectivity index (χ2v) is 5.19. The van der Waals surface area contributed by atoms with E-state index < -0.39 is 5.82 Å². The van der Waals surface area contributed by atoms with Gasteiger partial charge < -0.3 is 10.6 Å². The van der Waals surface area contributed by atoms with Crippen LogP contribution in [0.25, 0.3) is 0 Å². The number of amides is 1. The summed E-state index contributed by atoms with van der Waals surface area (Å²) >= 11 is 1.21. The van der Waals surface area contributed by atoms with Gasteiger partial charge in [0, 0.05) is 23.7 Å². The van der Waals surface area contributed by atoms with Gasteiger partial charge in [0.2, 0.25) is 5.91 Å². The zero-order valence-corrected chi connectivity index (χ0v) is 12.2. The third-order valence-electron chi connectivity index (χ3n) is 2.66. The smallest absolute Gasteiger partial charge is 0.232 e. The molecule has 0 aliphatic carbocycles. The van der Waals surface area contributed by atoms with E-state index in [1.807, 2.05) is 12.1 Å². The van der Waals surface area contributed by atoms with E-state index in [0.717, 1.165) is 0 Å². The van der Waals surface area contributed by atoms with Crippen molar-refractivity contribution in [2.45, 2.75) is 17.7 Å². The summed E-state index contributed by atoms with van der Waals surface area (Å²) in [5.41, 5.74) is 5.96. The summed E-state index contributed by atoms with van der Waals surface area (Å²) in [7, 11) is 0. The third-order valence-corrected chi connectivity index (χ3v) is 3.74. The molecule has 0 heterocycles. The highest BCUT2D eigenvalue weighted by atomic mass is 32.2. The number of carbonyl (C=O) groups excluding carboxylic acids is 1. The number of halogens is 1. The Morgan fingerprint density at radius 2 is 1.90 bits per heavy atom. The first-order valence-electron chi connectivity index (χ1n) is 6.28. The van der Waals surface area contributed by atoms with Crippen molar-refractivity contribution >= 4 is 23.4 Å². The molecule has 0 spiro atoms. The van der Waals surface area contributed by atoms with Crippen LogP contribution in [0.4, 0.5) is 10.1 Å². The number of carbonyl (C=O) groups is 1. The largest absolute Gasteiger partial charge is 0.398 e. The number of hydrogen-bond acceptors (Lipinski definition) is 5. The van der Waals surface area contributed by atoms with Gasteiger partial charge in [-0.1, -0.05) is 0 Å². The molecule has 0 saturated heterocycles. The normalized spacial score (nSPS) is 9.67. The molecule has 0 aliphatic rings. The first-order chi connectivity index (χ1) is 10.1. The van der Waals surface area contributed by atoms with E-state index in [1.165, 1.54) is 34.9 Å². The van der Waals surface area contributed by atoms with Gasteiger partial charge in [-0.15, -0.1) is 11.8 Å². The van der Waals surface area contributed by atoms with E-state index in [1.54, 1.807) is 0 Å². The Labute approximate surface area is 127 Å². The van der Waals surface area contributed by atoms with Gasteiger partial charge in [0.05, 0.1) is 30.7 Å². The minimum Gasteiger partial charge on any atom is -0.398 e. The topological polar surface area (TPSA) is 93.9 Å². The molecule has 0 saturated carbocycles. The molecule has 21 heavy (non-hydrogen) atoms. The van der Waals surface area contributed by atoms with Crippen LogP contribution in [0, 0.1) is 28.5 Å². The van der Waals surface area contributed by atoms with Crippen LogP contribution >= 0.6 is 11.8 Å². The minimum atomic E-state index is -0.423. The second kappa shape index (κ2) is 8.83. The van der Waals surface area contributed by atoms with Crippen molar-refractivity contribution in [2.75, 3.05) is 24.6 Å². The molecular weight excluding hydrogens is 291 g/mol. The summed E-state index contributed by atoms with van der Waals surface area (Å²) in [6, 6.07) is 7.96. The molecule has 5 nitrogen and oxygen atoms in total. The Bertz CT molecular complexity index is 561. The summed E-state index contributed by atoms with van der Waals surface area (Å²) < 4.78 is 12.9. The van der Waals surface area contributed by atoms with E-state index in [-0.39, 0.29) is 30.2 Å². The van der Waals surface area contributed by atoms with Gasteiger partial charge in [0.1, 0.15) is 5.82 Å². The van der Waals surface area contributed by atoms with Crippen molar-refractivity contribution in [1.82, 2.24) is 4.90 Å². The lowest BCUT2D eigenvalue weighted by atomic mass is 10.3. The zero-order valence-electron chi connectivity index (χ0n) is 11.4. The van der Waals surface area contributed by atoms with Crippen LogP contribution in [0.2, 0.25) is 0 Å². The summed E-state index contributed by atoms with van der Waals surface area (Å²) in [5.74, 6) is -0.464. The maximum absolute atomic E-state index is 12.9. The molecule has 110 valence electrons. The Kier molecular flexibility index (Phi) is 7.06. The highest BCUT2D eigenvalue weighted by Crippen LogP contribution is 2.25. The molecule has 0 radical (unpaired) electrons. The van der Waals surface area contributed by atoms with Crippen molar-refractivity contribution in [3.05, 3.63) is 24.0 Å². The van der Waals surface area contributed by atoms with Crippen LogP contribution in [-0.4, -0.2) is 29.6 Å².